The van der Waals surface area contributed by atoms with Crippen LogP contribution in [0.5, 0.6) is 5.88 Å². The molecule has 2 aromatic rings. The van der Waals surface area contributed by atoms with E-state index in [1.807, 2.05) is 43.3 Å². The van der Waals surface area contributed by atoms with Gasteiger partial charge in [-0.15, -0.1) is 10.2 Å². The van der Waals surface area contributed by atoms with E-state index in [4.69, 9.17) is 16.3 Å². The first kappa shape index (κ1) is 18.2. The number of anilines is 1. The van der Waals surface area contributed by atoms with Crippen LogP contribution in [0.15, 0.2) is 42.5 Å². The molecule has 1 fully saturated rings. The van der Waals surface area contributed by atoms with Gasteiger partial charge in [0, 0.05) is 44.2 Å². The molecule has 1 aliphatic rings. The van der Waals surface area contributed by atoms with E-state index < -0.39 is 0 Å². The summed E-state index contributed by atoms with van der Waals surface area (Å²) in [5.41, 5.74) is 0.825. The first-order valence-electron chi connectivity index (χ1n) is 8.42. The molecule has 1 saturated heterocycles. The minimum atomic E-state index is -0.0767. The molecule has 0 N–H and O–H groups in total. The van der Waals surface area contributed by atoms with Crippen molar-refractivity contribution in [2.45, 2.75) is 12.5 Å². The Kier molecular flexibility index (Phi) is 5.73. The van der Waals surface area contributed by atoms with E-state index in [-0.39, 0.29) is 12.0 Å². The molecular formula is C19H21ClN4O2. The van der Waals surface area contributed by atoms with Gasteiger partial charge < -0.3 is 14.5 Å². The summed E-state index contributed by atoms with van der Waals surface area (Å²) in [6, 6.07) is 11.1. The summed E-state index contributed by atoms with van der Waals surface area (Å²) >= 11 is 6.10. The fourth-order valence-electron chi connectivity index (χ4n) is 2.69. The minimum Gasteiger partial charge on any atom is -0.471 e. The lowest BCUT2D eigenvalue weighted by molar-refractivity contribution is -0.125. The highest BCUT2D eigenvalue weighted by Gasteiger charge is 2.26. The number of nitrogens with zero attached hydrogens (tertiary/aromatic N) is 4. The molecule has 6 nitrogen and oxygen atoms in total. The van der Waals surface area contributed by atoms with Gasteiger partial charge in [0.25, 0.3) is 0 Å². The molecule has 7 heteroatoms. The number of halogens is 1. The van der Waals surface area contributed by atoms with E-state index in [0.717, 1.165) is 17.8 Å². The molecule has 0 aliphatic carbocycles. The van der Waals surface area contributed by atoms with Crippen LogP contribution in [0.1, 0.15) is 12.0 Å². The van der Waals surface area contributed by atoms with E-state index in [2.05, 4.69) is 10.2 Å². The quantitative estimate of drug-likeness (QED) is 0.755. The van der Waals surface area contributed by atoms with Crippen molar-refractivity contribution in [2.24, 2.45) is 0 Å². The number of aromatic nitrogens is 2. The Morgan fingerprint density at radius 1 is 1.27 bits per heavy atom. The van der Waals surface area contributed by atoms with Crippen LogP contribution in [0, 0.1) is 0 Å². The van der Waals surface area contributed by atoms with E-state index >= 15 is 0 Å². The van der Waals surface area contributed by atoms with Crippen molar-refractivity contribution in [3.63, 3.8) is 0 Å². The maximum Gasteiger partial charge on any atom is 0.246 e. The number of benzene rings is 1. The number of ether oxygens (including phenoxy) is 1. The average Bonchev–Trinajstić information content (AvgIpc) is 3.10. The van der Waals surface area contributed by atoms with E-state index in [1.165, 1.54) is 0 Å². The lowest BCUT2D eigenvalue weighted by Gasteiger charge is -2.15. The summed E-state index contributed by atoms with van der Waals surface area (Å²) in [5, 5.41) is 8.79. The highest BCUT2D eigenvalue weighted by atomic mass is 35.5. The maximum absolute atomic E-state index is 12.4. The number of hydrogen-bond donors (Lipinski definition) is 0. The van der Waals surface area contributed by atoms with Crippen molar-refractivity contribution in [1.29, 1.82) is 0 Å². The standard InChI is InChI=1S/C19H21ClN4O2/c1-23(2)17-8-9-18(22-21-17)26-15-11-12-24(13-15)19(25)10-7-14-5-3-4-6-16(14)20/h3-10,15H,11-13H2,1-2H3/b10-7+. The third kappa shape index (κ3) is 4.52. The minimum absolute atomic E-state index is 0.0509. The van der Waals surface area contributed by atoms with Crippen LogP contribution in [0.2, 0.25) is 5.02 Å². The second-order valence-electron chi connectivity index (χ2n) is 6.29. The maximum atomic E-state index is 12.4. The van der Waals surface area contributed by atoms with Gasteiger partial charge in [-0.1, -0.05) is 29.8 Å². The molecule has 136 valence electrons. The number of amides is 1. The zero-order valence-electron chi connectivity index (χ0n) is 14.8. The van der Waals surface area contributed by atoms with Gasteiger partial charge in [-0.3, -0.25) is 4.79 Å². The van der Waals surface area contributed by atoms with Crippen molar-refractivity contribution < 1.29 is 9.53 Å². The van der Waals surface area contributed by atoms with E-state index in [9.17, 15) is 4.79 Å². The molecule has 1 amide bonds. The average molecular weight is 373 g/mol. The predicted molar refractivity (Wildman–Crippen MR) is 102 cm³/mol. The molecule has 3 rings (SSSR count). The predicted octanol–water partition coefficient (Wildman–Crippen LogP) is 2.89. The van der Waals surface area contributed by atoms with Crippen molar-refractivity contribution in [2.75, 3.05) is 32.1 Å². The Bertz CT molecular complexity index is 792. The third-order valence-corrected chi connectivity index (χ3v) is 4.48. The van der Waals surface area contributed by atoms with Gasteiger partial charge in [-0.2, -0.15) is 0 Å². The van der Waals surface area contributed by atoms with Crippen LogP contribution in [0.3, 0.4) is 0 Å². The molecule has 26 heavy (non-hydrogen) atoms. The van der Waals surface area contributed by atoms with Crippen molar-refractivity contribution in [3.8, 4) is 5.88 Å². The van der Waals surface area contributed by atoms with Gasteiger partial charge in [-0.25, -0.2) is 0 Å². The SMILES string of the molecule is CN(C)c1ccc(OC2CCN(C(=O)/C=C/c3ccccc3Cl)C2)nn1. The van der Waals surface area contributed by atoms with Crippen LogP contribution in [-0.2, 0) is 4.79 Å². The number of carbonyl (C=O) groups excluding carboxylic acids is 1. The number of hydrogen-bond acceptors (Lipinski definition) is 5. The number of likely N-dealkylation sites (tertiary alicyclic amines) is 1. The van der Waals surface area contributed by atoms with Crippen molar-refractivity contribution in [1.82, 2.24) is 15.1 Å². The van der Waals surface area contributed by atoms with Crippen LogP contribution >= 0.6 is 11.6 Å². The van der Waals surface area contributed by atoms with Gasteiger partial charge >= 0.3 is 0 Å². The lowest BCUT2D eigenvalue weighted by Crippen LogP contribution is -2.29. The summed E-state index contributed by atoms with van der Waals surface area (Å²) in [5.74, 6) is 1.19. The summed E-state index contributed by atoms with van der Waals surface area (Å²) in [7, 11) is 3.81. The van der Waals surface area contributed by atoms with Gasteiger partial charge in [0.05, 0.1) is 6.54 Å². The van der Waals surface area contributed by atoms with Crippen molar-refractivity contribution in [3.05, 3.63) is 53.1 Å². The molecular weight excluding hydrogens is 352 g/mol. The highest BCUT2D eigenvalue weighted by Crippen LogP contribution is 2.19. The summed E-state index contributed by atoms with van der Waals surface area (Å²) in [6.45, 7) is 1.18. The molecule has 1 atom stereocenters. The zero-order chi connectivity index (χ0) is 18.5. The number of rotatable bonds is 5. The van der Waals surface area contributed by atoms with E-state index in [1.54, 1.807) is 29.2 Å². The van der Waals surface area contributed by atoms with Crippen LogP contribution < -0.4 is 9.64 Å². The van der Waals surface area contributed by atoms with E-state index in [0.29, 0.717) is 24.0 Å². The summed E-state index contributed by atoms with van der Waals surface area (Å²) in [4.78, 5) is 16.0. The second kappa shape index (κ2) is 8.19. The molecule has 0 bridgehead atoms. The summed E-state index contributed by atoms with van der Waals surface area (Å²) < 4.78 is 5.84. The fraction of sp³-hybridized carbons (Fsp3) is 0.316. The Morgan fingerprint density at radius 2 is 2.08 bits per heavy atom. The van der Waals surface area contributed by atoms with Gasteiger partial charge in [0.2, 0.25) is 11.8 Å². The summed E-state index contributed by atoms with van der Waals surface area (Å²) in [6.07, 6.45) is 3.98. The fourth-order valence-corrected chi connectivity index (χ4v) is 2.89. The Morgan fingerprint density at radius 3 is 2.77 bits per heavy atom. The number of carbonyl (C=O) groups is 1. The van der Waals surface area contributed by atoms with Crippen LogP contribution in [0.4, 0.5) is 5.82 Å². The largest absolute Gasteiger partial charge is 0.471 e. The second-order valence-corrected chi connectivity index (χ2v) is 6.70. The van der Waals surface area contributed by atoms with Gasteiger partial charge in [-0.05, 0) is 23.8 Å². The Hall–Kier alpha value is -2.60. The lowest BCUT2D eigenvalue weighted by atomic mass is 10.2. The Labute approximate surface area is 158 Å². The topological polar surface area (TPSA) is 58.6 Å². The zero-order valence-corrected chi connectivity index (χ0v) is 15.6. The normalized spacial score (nSPS) is 16.9. The highest BCUT2D eigenvalue weighted by molar-refractivity contribution is 6.32. The third-order valence-electron chi connectivity index (χ3n) is 4.14. The molecule has 0 radical (unpaired) electrons. The molecule has 2 heterocycles. The molecule has 1 unspecified atom stereocenters. The first-order chi connectivity index (χ1) is 12.5. The molecule has 0 spiro atoms. The van der Waals surface area contributed by atoms with Crippen molar-refractivity contribution >= 4 is 29.4 Å². The van der Waals surface area contributed by atoms with Gasteiger partial charge in [0.1, 0.15) is 6.10 Å². The molecule has 1 aromatic heterocycles. The first-order valence-corrected chi connectivity index (χ1v) is 8.80. The monoisotopic (exact) mass is 372 g/mol. The Balaban J connectivity index is 1.54. The molecule has 1 aromatic carbocycles. The molecule has 0 saturated carbocycles. The van der Waals surface area contributed by atoms with Crippen LogP contribution in [-0.4, -0.2) is 54.3 Å². The van der Waals surface area contributed by atoms with Gasteiger partial charge in [0.15, 0.2) is 5.82 Å². The molecule has 1 aliphatic heterocycles. The smallest absolute Gasteiger partial charge is 0.246 e. The van der Waals surface area contributed by atoms with Crippen LogP contribution in [0.25, 0.3) is 6.08 Å².